The molecule has 0 spiro atoms. The molecule has 1 aromatic rings. The molecule has 1 aromatic carbocycles. The molecule has 6 heteroatoms. The van der Waals surface area contributed by atoms with E-state index in [4.69, 9.17) is 4.74 Å². The van der Waals surface area contributed by atoms with Crippen molar-refractivity contribution in [2.24, 2.45) is 0 Å². The first-order valence-corrected chi connectivity index (χ1v) is 8.36. The highest BCUT2D eigenvalue weighted by molar-refractivity contribution is 6.02. The number of benzene rings is 1. The van der Waals surface area contributed by atoms with Gasteiger partial charge in [-0.15, -0.1) is 0 Å². The van der Waals surface area contributed by atoms with Gasteiger partial charge in [0.15, 0.2) is 6.61 Å². The number of hydrogen-bond donors (Lipinski definition) is 2. The summed E-state index contributed by atoms with van der Waals surface area (Å²) in [6, 6.07) is 7.31. The fourth-order valence-corrected chi connectivity index (χ4v) is 3.22. The van der Waals surface area contributed by atoms with Crippen LogP contribution in [0.3, 0.4) is 0 Å². The Hall–Kier alpha value is -2.08. The van der Waals surface area contributed by atoms with E-state index in [1.165, 1.54) is 30.8 Å². The van der Waals surface area contributed by atoms with E-state index in [2.05, 4.69) is 5.32 Å². The van der Waals surface area contributed by atoms with E-state index in [1.54, 1.807) is 11.0 Å². The van der Waals surface area contributed by atoms with Crippen LogP contribution in [0.2, 0.25) is 0 Å². The van der Waals surface area contributed by atoms with Crippen molar-refractivity contribution < 1.29 is 19.2 Å². The Morgan fingerprint density at radius 1 is 1.26 bits per heavy atom. The van der Waals surface area contributed by atoms with E-state index in [0.717, 1.165) is 13.0 Å². The van der Waals surface area contributed by atoms with E-state index in [-0.39, 0.29) is 25.0 Å². The third-order valence-corrected chi connectivity index (χ3v) is 4.45. The Balaban J connectivity index is 1.46. The van der Waals surface area contributed by atoms with Gasteiger partial charge in [0.05, 0.1) is 25.3 Å². The van der Waals surface area contributed by atoms with Gasteiger partial charge in [0.25, 0.3) is 5.91 Å². The minimum Gasteiger partial charge on any atom is -0.482 e. The fraction of sp³-hybridized carbons (Fsp3) is 0.529. The lowest BCUT2D eigenvalue weighted by atomic mass is 10.2. The Labute approximate surface area is 136 Å². The zero-order valence-corrected chi connectivity index (χ0v) is 13.3. The van der Waals surface area contributed by atoms with Gasteiger partial charge < -0.3 is 15.0 Å². The molecular weight excluding hydrogens is 294 g/mol. The second-order valence-corrected chi connectivity index (χ2v) is 6.15. The molecule has 0 aromatic heterocycles. The number of amides is 2. The van der Waals surface area contributed by atoms with E-state index in [9.17, 15) is 9.59 Å². The quantitative estimate of drug-likeness (QED) is 0.702. The molecule has 6 nitrogen and oxygen atoms in total. The van der Waals surface area contributed by atoms with Crippen molar-refractivity contribution in [2.45, 2.75) is 19.3 Å². The van der Waals surface area contributed by atoms with Crippen LogP contribution in [-0.4, -0.2) is 51.1 Å². The molecule has 2 aliphatic heterocycles. The molecule has 0 unspecified atom stereocenters. The molecule has 2 amide bonds. The zero-order chi connectivity index (χ0) is 16.1. The predicted octanol–water partition coefficient (Wildman–Crippen LogP) is -0.403. The normalized spacial score (nSPS) is 17.7. The highest BCUT2D eigenvalue weighted by Gasteiger charge is 2.26. The van der Waals surface area contributed by atoms with Crippen LogP contribution in [0.5, 0.6) is 5.75 Å². The van der Waals surface area contributed by atoms with E-state index in [1.807, 2.05) is 18.2 Å². The summed E-state index contributed by atoms with van der Waals surface area (Å²) < 4.78 is 5.38. The lowest BCUT2D eigenvalue weighted by Gasteiger charge is -2.28. The van der Waals surface area contributed by atoms with Gasteiger partial charge in [0.1, 0.15) is 12.3 Å². The number of carbonyl (C=O) groups is 2. The zero-order valence-electron chi connectivity index (χ0n) is 13.3. The average Bonchev–Trinajstić information content (AvgIpc) is 3.08. The highest BCUT2D eigenvalue weighted by atomic mass is 16.5. The van der Waals surface area contributed by atoms with Crippen LogP contribution in [0.4, 0.5) is 5.69 Å². The van der Waals surface area contributed by atoms with Gasteiger partial charge in [0.2, 0.25) is 5.91 Å². The largest absolute Gasteiger partial charge is 0.482 e. The summed E-state index contributed by atoms with van der Waals surface area (Å²) in [4.78, 5) is 27.3. The van der Waals surface area contributed by atoms with Crippen LogP contribution >= 0.6 is 0 Å². The van der Waals surface area contributed by atoms with Gasteiger partial charge in [-0.1, -0.05) is 12.1 Å². The number of nitrogens with zero attached hydrogens (tertiary/aromatic N) is 1. The van der Waals surface area contributed by atoms with Crippen molar-refractivity contribution in [1.82, 2.24) is 5.32 Å². The van der Waals surface area contributed by atoms with Gasteiger partial charge in [0, 0.05) is 25.8 Å². The first-order valence-electron chi connectivity index (χ1n) is 8.36. The molecule has 23 heavy (non-hydrogen) atoms. The number of ether oxygens (including phenoxy) is 1. The van der Waals surface area contributed by atoms with Crippen molar-refractivity contribution >= 4 is 17.5 Å². The van der Waals surface area contributed by atoms with Crippen LogP contribution < -0.4 is 19.9 Å². The molecule has 0 saturated carbocycles. The summed E-state index contributed by atoms with van der Waals surface area (Å²) in [5, 5.41) is 2.92. The molecule has 2 heterocycles. The number of nitrogens with one attached hydrogen (secondary N) is 2. The lowest BCUT2D eigenvalue weighted by Crippen LogP contribution is -3.10. The van der Waals surface area contributed by atoms with Gasteiger partial charge in [-0.3, -0.25) is 14.5 Å². The predicted molar refractivity (Wildman–Crippen MR) is 86.7 cm³/mol. The topological polar surface area (TPSA) is 63.1 Å². The van der Waals surface area contributed by atoms with Crippen molar-refractivity contribution in [2.75, 3.05) is 44.2 Å². The van der Waals surface area contributed by atoms with Crippen LogP contribution in [0, 0.1) is 0 Å². The third kappa shape index (κ3) is 4.01. The molecule has 2 N–H and O–H groups in total. The number of anilines is 1. The molecule has 0 bridgehead atoms. The summed E-state index contributed by atoms with van der Waals surface area (Å²) in [6.07, 6.45) is 3.62. The first-order chi connectivity index (χ1) is 11.2. The number of hydrogen-bond acceptors (Lipinski definition) is 3. The minimum absolute atomic E-state index is 0.0113. The first kappa shape index (κ1) is 15.8. The third-order valence-electron chi connectivity index (χ3n) is 4.45. The Kier molecular flexibility index (Phi) is 5.12. The number of fused-ring (bicyclic) bond motifs is 1. The SMILES string of the molecule is O=C(CN1C(=O)COc2ccccc21)NCCC[NH+]1CCCC1. The molecule has 0 aliphatic carbocycles. The second kappa shape index (κ2) is 7.46. The maximum atomic E-state index is 12.1. The molecule has 0 atom stereocenters. The van der Waals surface area contributed by atoms with E-state index in [0.29, 0.717) is 18.0 Å². The Morgan fingerprint density at radius 3 is 2.87 bits per heavy atom. The monoisotopic (exact) mass is 318 g/mol. The number of likely N-dealkylation sites (tertiary alicyclic amines) is 1. The van der Waals surface area contributed by atoms with E-state index >= 15 is 0 Å². The number of rotatable bonds is 6. The molecule has 124 valence electrons. The van der Waals surface area contributed by atoms with Crippen LogP contribution in [0.15, 0.2) is 24.3 Å². The maximum absolute atomic E-state index is 12.1. The van der Waals surface area contributed by atoms with Crippen LogP contribution in [0.25, 0.3) is 0 Å². The van der Waals surface area contributed by atoms with E-state index < -0.39 is 0 Å². The molecular formula is C17H24N3O3+. The summed E-state index contributed by atoms with van der Waals surface area (Å²) in [5.74, 6) is 0.351. The molecule has 3 rings (SSSR count). The smallest absolute Gasteiger partial charge is 0.265 e. The number of carbonyl (C=O) groups excluding carboxylic acids is 2. The van der Waals surface area contributed by atoms with Crippen molar-refractivity contribution in [3.8, 4) is 5.75 Å². The van der Waals surface area contributed by atoms with Gasteiger partial charge in [-0.25, -0.2) is 0 Å². The fourth-order valence-electron chi connectivity index (χ4n) is 3.22. The minimum atomic E-state index is -0.180. The van der Waals surface area contributed by atoms with Gasteiger partial charge in [-0.05, 0) is 12.1 Å². The Morgan fingerprint density at radius 2 is 2.04 bits per heavy atom. The van der Waals surface area contributed by atoms with Crippen LogP contribution in [0.1, 0.15) is 19.3 Å². The molecule has 2 aliphatic rings. The maximum Gasteiger partial charge on any atom is 0.265 e. The van der Waals surface area contributed by atoms with Crippen molar-refractivity contribution in [1.29, 1.82) is 0 Å². The highest BCUT2D eigenvalue weighted by Crippen LogP contribution is 2.30. The summed E-state index contributed by atoms with van der Waals surface area (Å²) in [7, 11) is 0. The standard InChI is InChI=1S/C17H23N3O3/c21-16(18-8-5-11-19-9-3-4-10-19)12-20-14-6-1-2-7-15(14)23-13-17(20)22/h1-2,6-7H,3-5,8-13H2,(H,18,21)/p+1. The Bertz CT molecular complexity index is 570. The van der Waals surface area contributed by atoms with Crippen molar-refractivity contribution in [3.63, 3.8) is 0 Å². The van der Waals surface area contributed by atoms with Gasteiger partial charge >= 0.3 is 0 Å². The summed E-state index contributed by atoms with van der Waals surface area (Å²) in [6.45, 7) is 4.33. The molecule has 0 radical (unpaired) electrons. The molecule has 1 fully saturated rings. The average molecular weight is 318 g/mol. The lowest BCUT2D eigenvalue weighted by molar-refractivity contribution is -0.887. The van der Waals surface area contributed by atoms with Gasteiger partial charge in [-0.2, -0.15) is 0 Å². The van der Waals surface area contributed by atoms with Crippen molar-refractivity contribution in [3.05, 3.63) is 24.3 Å². The number of quaternary nitrogens is 1. The number of para-hydroxylation sites is 2. The second-order valence-electron chi connectivity index (χ2n) is 6.15. The summed E-state index contributed by atoms with van der Waals surface area (Å²) in [5.41, 5.74) is 0.667. The summed E-state index contributed by atoms with van der Waals surface area (Å²) >= 11 is 0. The van der Waals surface area contributed by atoms with Crippen LogP contribution in [-0.2, 0) is 9.59 Å². The molecule has 1 saturated heterocycles.